The topological polar surface area (TPSA) is 83.9 Å². The summed E-state index contributed by atoms with van der Waals surface area (Å²) in [4.78, 5) is 34.0. The maximum atomic E-state index is 12.7. The Kier molecular flexibility index (Phi) is 4.06. The van der Waals surface area contributed by atoms with Gasteiger partial charge in [-0.1, -0.05) is 6.07 Å². The van der Waals surface area contributed by atoms with Crippen LogP contribution in [0.4, 0.5) is 0 Å². The normalized spacial score (nSPS) is 15.5. The van der Waals surface area contributed by atoms with Crippen LogP contribution in [-0.2, 0) is 7.05 Å². The van der Waals surface area contributed by atoms with Crippen LogP contribution in [0.2, 0.25) is 0 Å². The number of aromatic nitrogens is 4. The first-order valence-electron chi connectivity index (χ1n) is 8.80. The molecule has 26 heavy (non-hydrogen) atoms. The van der Waals surface area contributed by atoms with E-state index in [0.29, 0.717) is 24.2 Å². The number of rotatable bonds is 2. The van der Waals surface area contributed by atoms with E-state index in [4.69, 9.17) is 0 Å². The summed E-state index contributed by atoms with van der Waals surface area (Å²) in [6.45, 7) is 3.25. The maximum absolute atomic E-state index is 12.7. The number of carbonyl (C=O) groups is 1. The molecule has 0 atom stereocenters. The molecule has 0 spiro atoms. The van der Waals surface area contributed by atoms with Crippen molar-refractivity contribution in [2.24, 2.45) is 7.05 Å². The first-order valence-corrected chi connectivity index (χ1v) is 8.80. The minimum absolute atomic E-state index is 0.0326. The number of aromatic amines is 1. The van der Waals surface area contributed by atoms with Crippen molar-refractivity contribution in [1.82, 2.24) is 24.6 Å². The molecule has 1 saturated heterocycles. The average Bonchev–Trinajstić information content (AvgIpc) is 3.00. The second-order valence-electron chi connectivity index (χ2n) is 6.83. The fourth-order valence-corrected chi connectivity index (χ4v) is 3.61. The number of fused-ring (bicyclic) bond motifs is 1. The van der Waals surface area contributed by atoms with E-state index in [1.165, 1.54) is 0 Å². The Bertz CT molecular complexity index is 1030. The Morgan fingerprint density at radius 3 is 2.77 bits per heavy atom. The molecule has 0 aromatic carbocycles. The Morgan fingerprint density at radius 1 is 1.31 bits per heavy atom. The number of piperidine rings is 1. The Hall–Kier alpha value is -2.96. The van der Waals surface area contributed by atoms with Gasteiger partial charge >= 0.3 is 0 Å². The van der Waals surface area contributed by atoms with E-state index < -0.39 is 0 Å². The summed E-state index contributed by atoms with van der Waals surface area (Å²) >= 11 is 0. The van der Waals surface area contributed by atoms with Crippen LogP contribution in [0.3, 0.4) is 0 Å². The van der Waals surface area contributed by atoms with Crippen molar-refractivity contribution < 1.29 is 4.79 Å². The summed E-state index contributed by atoms with van der Waals surface area (Å²) in [5.74, 6) is 0.275. The summed E-state index contributed by atoms with van der Waals surface area (Å²) < 4.78 is 1.72. The highest BCUT2D eigenvalue weighted by Gasteiger charge is 2.27. The van der Waals surface area contributed by atoms with Gasteiger partial charge in [0.1, 0.15) is 5.52 Å². The minimum atomic E-state index is -0.150. The van der Waals surface area contributed by atoms with E-state index >= 15 is 0 Å². The lowest BCUT2D eigenvalue weighted by Crippen LogP contribution is -2.38. The molecule has 4 heterocycles. The van der Waals surface area contributed by atoms with E-state index in [9.17, 15) is 9.59 Å². The lowest BCUT2D eigenvalue weighted by Gasteiger charge is -2.32. The SMILES string of the molecule is Cc1c(C(=O)N2CCC(c3cc4cccnc4c(=O)[nH]3)CC2)cnn1C. The van der Waals surface area contributed by atoms with Gasteiger partial charge in [0.2, 0.25) is 0 Å². The number of amides is 1. The third-order valence-corrected chi connectivity index (χ3v) is 5.31. The van der Waals surface area contributed by atoms with Crippen LogP contribution < -0.4 is 5.56 Å². The van der Waals surface area contributed by atoms with Gasteiger partial charge in [-0.15, -0.1) is 0 Å². The van der Waals surface area contributed by atoms with Gasteiger partial charge < -0.3 is 9.88 Å². The van der Waals surface area contributed by atoms with Gasteiger partial charge in [-0.3, -0.25) is 19.3 Å². The molecule has 1 amide bonds. The smallest absolute Gasteiger partial charge is 0.274 e. The molecule has 7 heteroatoms. The quantitative estimate of drug-likeness (QED) is 0.765. The Morgan fingerprint density at radius 2 is 2.08 bits per heavy atom. The first-order chi connectivity index (χ1) is 12.5. The molecule has 0 radical (unpaired) electrons. The molecule has 3 aromatic heterocycles. The molecule has 3 aromatic rings. The van der Waals surface area contributed by atoms with Crippen LogP contribution in [0.1, 0.15) is 40.5 Å². The number of hydrogen-bond donors (Lipinski definition) is 1. The average molecular weight is 351 g/mol. The number of carbonyl (C=O) groups excluding carboxylic acids is 1. The molecule has 7 nitrogen and oxygen atoms in total. The third kappa shape index (κ3) is 2.79. The van der Waals surface area contributed by atoms with Gasteiger partial charge in [0.05, 0.1) is 11.8 Å². The molecule has 0 aliphatic carbocycles. The molecule has 4 rings (SSSR count). The van der Waals surface area contributed by atoms with Gasteiger partial charge in [0.15, 0.2) is 0 Å². The molecule has 1 aliphatic rings. The summed E-state index contributed by atoms with van der Waals surface area (Å²) in [6, 6.07) is 5.76. The summed E-state index contributed by atoms with van der Waals surface area (Å²) in [5.41, 5.74) is 2.79. The second-order valence-corrected chi connectivity index (χ2v) is 6.83. The minimum Gasteiger partial charge on any atom is -0.338 e. The molecule has 0 unspecified atom stereocenters. The van der Waals surface area contributed by atoms with E-state index in [1.807, 2.05) is 37.1 Å². The number of pyridine rings is 2. The van der Waals surface area contributed by atoms with Crippen molar-refractivity contribution in [3.05, 3.63) is 57.9 Å². The largest absolute Gasteiger partial charge is 0.338 e. The van der Waals surface area contributed by atoms with E-state index in [2.05, 4.69) is 15.1 Å². The van der Waals surface area contributed by atoms with Crippen molar-refractivity contribution in [2.45, 2.75) is 25.7 Å². The van der Waals surface area contributed by atoms with Crippen molar-refractivity contribution in [3.8, 4) is 0 Å². The number of aryl methyl sites for hydroxylation is 1. The summed E-state index contributed by atoms with van der Waals surface area (Å²) in [6.07, 6.45) is 4.92. The third-order valence-electron chi connectivity index (χ3n) is 5.31. The van der Waals surface area contributed by atoms with Crippen LogP contribution in [0.15, 0.2) is 35.4 Å². The molecule has 1 N–H and O–H groups in total. The highest BCUT2D eigenvalue weighted by atomic mass is 16.2. The molecule has 1 fully saturated rings. The zero-order valence-corrected chi connectivity index (χ0v) is 14.9. The van der Waals surface area contributed by atoms with Crippen LogP contribution in [0.5, 0.6) is 0 Å². The van der Waals surface area contributed by atoms with Gasteiger partial charge in [-0.05, 0) is 31.9 Å². The molecule has 0 bridgehead atoms. The first kappa shape index (κ1) is 16.5. The van der Waals surface area contributed by atoms with Crippen LogP contribution in [0, 0.1) is 6.92 Å². The highest BCUT2D eigenvalue weighted by molar-refractivity contribution is 5.95. The highest BCUT2D eigenvalue weighted by Crippen LogP contribution is 2.28. The fraction of sp³-hybridized carbons (Fsp3) is 0.368. The Labute approximate surface area is 150 Å². The molecule has 1 aliphatic heterocycles. The van der Waals surface area contributed by atoms with Gasteiger partial charge in [0.25, 0.3) is 11.5 Å². The number of hydrogen-bond acceptors (Lipinski definition) is 4. The van der Waals surface area contributed by atoms with Crippen molar-refractivity contribution in [1.29, 1.82) is 0 Å². The lowest BCUT2D eigenvalue weighted by molar-refractivity contribution is 0.0711. The lowest BCUT2D eigenvalue weighted by atomic mass is 9.92. The van der Waals surface area contributed by atoms with Crippen molar-refractivity contribution in [2.75, 3.05) is 13.1 Å². The Balaban J connectivity index is 1.51. The predicted octanol–water partition coefficient (Wildman–Crippen LogP) is 1.98. The number of likely N-dealkylation sites (tertiary alicyclic amines) is 1. The number of nitrogens with zero attached hydrogens (tertiary/aromatic N) is 4. The van der Waals surface area contributed by atoms with Gasteiger partial charge in [-0.2, -0.15) is 5.10 Å². The molecular weight excluding hydrogens is 330 g/mol. The second kappa shape index (κ2) is 6.40. The monoisotopic (exact) mass is 351 g/mol. The van der Waals surface area contributed by atoms with Crippen LogP contribution in [-0.4, -0.2) is 43.6 Å². The maximum Gasteiger partial charge on any atom is 0.274 e. The van der Waals surface area contributed by atoms with Crippen LogP contribution >= 0.6 is 0 Å². The fourth-order valence-electron chi connectivity index (χ4n) is 3.61. The van der Waals surface area contributed by atoms with Gasteiger partial charge in [-0.25, -0.2) is 0 Å². The summed E-state index contributed by atoms with van der Waals surface area (Å²) in [5, 5.41) is 5.01. The van der Waals surface area contributed by atoms with E-state index in [1.54, 1.807) is 17.1 Å². The predicted molar refractivity (Wildman–Crippen MR) is 98.2 cm³/mol. The van der Waals surface area contributed by atoms with Crippen molar-refractivity contribution >= 4 is 16.8 Å². The zero-order valence-electron chi connectivity index (χ0n) is 14.9. The standard InChI is InChI=1S/C19H21N5O2/c1-12-15(11-21-23(12)2)19(26)24-8-5-13(6-9-24)16-10-14-4-3-7-20-17(14)18(25)22-16/h3-4,7,10-11,13H,5-6,8-9H2,1-2H3,(H,22,25). The zero-order chi connectivity index (χ0) is 18.3. The molecule has 0 saturated carbocycles. The van der Waals surface area contributed by atoms with Crippen molar-refractivity contribution in [3.63, 3.8) is 0 Å². The number of nitrogens with one attached hydrogen (secondary N) is 1. The van der Waals surface area contributed by atoms with E-state index in [-0.39, 0.29) is 17.4 Å². The van der Waals surface area contributed by atoms with Crippen LogP contribution in [0.25, 0.3) is 10.9 Å². The molecular formula is C19H21N5O2. The summed E-state index contributed by atoms with van der Waals surface area (Å²) in [7, 11) is 1.84. The molecule has 134 valence electrons. The number of H-pyrrole nitrogens is 1. The van der Waals surface area contributed by atoms with Gasteiger partial charge in [0, 0.05) is 49.0 Å². The van der Waals surface area contributed by atoms with E-state index in [0.717, 1.165) is 29.6 Å².